The Morgan fingerprint density at radius 1 is 1.09 bits per heavy atom. The van der Waals surface area contributed by atoms with Crippen LogP contribution < -0.4 is 16.9 Å². The second kappa shape index (κ2) is 10.3. The zero-order valence-electron chi connectivity index (χ0n) is 21.4. The first-order valence-electron chi connectivity index (χ1n) is 13.5. The molecule has 0 saturated heterocycles. The van der Waals surface area contributed by atoms with Gasteiger partial charge in [0.1, 0.15) is 0 Å². The molecule has 0 aromatic carbocycles. The van der Waals surface area contributed by atoms with Gasteiger partial charge in [0.25, 0.3) is 0 Å². The number of nitrogens with one attached hydrogen (secondary N) is 2. The highest BCUT2D eigenvalue weighted by molar-refractivity contribution is 5.80. The molecule has 4 saturated carbocycles. The first-order chi connectivity index (χ1) is 16.2. The van der Waals surface area contributed by atoms with Gasteiger partial charge in [-0.3, -0.25) is 5.41 Å². The van der Waals surface area contributed by atoms with Crippen LogP contribution in [0.5, 0.6) is 0 Å². The topological polar surface area (TPSA) is 130 Å². The summed E-state index contributed by atoms with van der Waals surface area (Å²) in [6, 6.07) is 0. The van der Waals surface area contributed by atoms with Gasteiger partial charge in [0.15, 0.2) is 0 Å². The average molecular weight is 474 g/mol. The number of aliphatic hydroxyl groups is 1. The third-order valence-electron chi connectivity index (χ3n) is 10.4. The maximum atomic E-state index is 11.3. The molecule has 4 fully saturated rings. The molecule has 9 atom stereocenters. The lowest BCUT2D eigenvalue weighted by Gasteiger charge is -2.62. The van der Waals surface area contributed by atoms with Crippen LogP contribution in [0, 0.1) is 45.8 Å². The Balaban J connectivity index is 1.45. The summed E-state index contributed by atoms with van der Waals surface area (Å²) in [4.78, 5) is 0. The van der Waals surface area contributed by atoms with E-state index in [1.165, 1.54) is 38.5 Å². The number of nitrogens with two attached hydrogens (primary N) is 2. The van der Waals surface area contributed by atoms with Crippen LogP contribution in [0.1, 0.15) is 78.6 Å². The van der Waals surface area contributed by atoms with Crippen molar-refractivity contribution in [2.45, 2.75) is 90.8 Å². The molecular formula is C27H47N5O2. The van der Waals surface area contributed by atoms with Crippen LogP contribution in [0.2, 0.25) is 0 Å². The Bertz CT molecular complexity index is 800. The van der Waals surface area contributed by atoms with Gasteiger partial charge in [-0.25, -0.2) is 5.43 Å². The minimum Gasteiger partial charge on any atom is -0.390 e. The van der Waals surface area contributed by atoms with E-state index in [4.69, 9.17) is 21.6 Å². The van der Waals surface area contributed by atoms with Crippen molar-refractivity contribution >= 4 is 12.2 Å². The van der Waals surface area contributed by atoms with Crippen LogP contribution in [0.15, 0.2) is 16.8 Å². The van der Waals surface area contributed by atoms with E-state index >= 15 is 0 Å². The molecule has 0 unspecified atom stereocenters. The van der Waals surface area contributed by atoms with E-state index in [9.17, 15) is 5.11 Å². The predicted molar refractivity (Wildman–Crippen MR) is 137 cm³/mol. The van der Waals surface area contributed by atoms with Crippen LogP contribution in [0.25, 0.3) is 0 Å². The molecular weight excluding hydrogens is 426 g/mol. The average Bonchev–Trinajstić information content (AvgIpc) is 3.11. The number of hydrazone groups is 1. The van der Waals surface area contributed by atoms with Crippen molar-refractivity contribution in [2.24, 2.45) is 57.0 Å². The first-order valence-corrected chi connectivity index (χ1v) is 13.5. The molecule has 0 spiro atoms. The van der Waals surface area contributed by atoms with E-state index in [2.05, 4.69) is 37.4 Å². The fourth-order valence-corrected chi connectivity index (χ4v) is 8.68. The molecule has 0 aliphatic heterocycles. The van der Waals surface area contributed by atoms with Gasteiger partial charge in [0, 0.05) is 12.8 Å². The number of rotatable bonds is 7. The summed E-state index contributed by atoms with van der Waals surface area (Å²) in [5.41, 5.74) is 15.2. The lowest BCUT2D eigenvalue weighted by atomic mass is 9.44. The van der Waals surface area contributed by atoms with E-state index in [0.29, 0.717) is 36.3 Å². The molecule has 0 aromatic rings. The van der Waals surface area contributed by atoms with Crippen LogP contribution in [0.4, 0.5) is 0 Å². The van der Waals surface area contributed by atoms with Gasteiger partial charge in [0.05, 0.1) is 12.2 Å². The molecule has 7 heteroatoms. The molecule has 34 heavy (non-hydrogen) atoms. The normalized spacial score (nSPS) is 44.4. The summed E-state index contributed by atoms with van der Waals surface area (Å²) in [6.45, 7) is 8.43. The van der Waals surface area contributed by atoms with E-state index in [-0.39, 0.29) is 23.6 Å². The molecule has 7 nitrogen and oxygen atoms in total. The summed E-state index contributed by atoms with van der Waals surface area (Å²) in [6.07, 6.45) is 14.3. The number of aliphatic hydroxyl groups excluding tert-OH is 1. The first kappa shape index (κ1) is 25.6. The fourth-order valence-electron chi connectivity index (χ4n) is 8.68. The largest absolute Gasteiger partial charge is 0.390 e. The molecule has 7 N–H and O–H groups in total. The molecule has 4 rings (SSSR count). The quantitative estimate of drug-likeness (QED) is 0.166. The van der Waals surface area contributed by atoms with Crippen molar-refractivity contribution in [3.63, 3.8) is 0 Å². The van der Waals surface area contributed by atoms with Gasteiger partial charge in [-0.15, -0.1) is 0 Å². The summed E-state index contributed by atoms with van der Waals surface area (Å²) in [5, 5.41) is 22.6. The maximum absolute atomic E-state index is 11.3. The smallest absolute Gasteiger partial charge is 0.206 e. The van der Waals surface area contributed by atoms with E-state index in [1.807, 2.05) is 0 Å². The van der Waals surface area contributed by atoms with E-state index in [1.54, 1.807) is 6.21 Å². The Labute approximate surface area is 205 Å². The molecule has 4 aliphatic carbocycles. The standard InChI is InChI=1S/C27H47N5O2/c1-17(16-31-32-25(29)30)15-18-5-7-20-19-6-8-22-24(33)23(34-14-4-13-28)10-12-27(22,3)21(19)9-11-26(18,20)2/h15-16,18-24,33H,4-14,28H2,1-3H3,(H4,29,30,32)/b17-15+,31-16+/t18-,19+,20+,21+,22-,23+,24-,26-,27-/m1/s1. The molecule has 4 aliphatic rings. The SMILES string of the molecule is CC(/C=N/NC(=N)N)=C\[C@H]1CC[C@H]2[C@@H]3CC[C@@H]4[C@@H](O)[C@@H](OCCCN)CC[C@]4(C)[C@H]3CC[C@]12C. The molecule has 0 amide bonds. The summed E-state index contributed by atoms with van der Waals surface area (Å²) < 4.78 is 6.07. The Morgan fingerprint density at radius 3 is 2.53 bits per heavy atom. The number of allylic oxidation sites excluding steroid dienone is 2. The van der Waals surface area contributed by atoms with Crippen LogP contribution in [-0.4, -0.2) is 42.6 Å². The third-order valence-corrected chi connectivity index (χ3v) is 10.4. The lowest BCUT2D eigenvalue weighted by molar-refractivity contribution is -0.183. The van der Waals surface area contributed by atoms with Crippen molar-refractivity contribution in [2.75, 3.05) is 13.2 Å². The molecule has 0 radical (unpaired) electrons. The molecule has 0 bridgehead atoms. The van der Waals surface area contributed by atoms with Crippen molar-refractivity contribution in [1.82, 2.24) is 5.43 Å². The second-order valence-electron chi connectivity index (χ2n) is 12.1. The Kier molecular flexibility index (Phi) is 7.75. The van der Waals surface area contributed by atoms with Crippen LogP contribution >= 0.6 is 0 Å². The highest BCUT2D eigenvalue weighted by Gasteiger charge is 2.61. The van der Waals surface area contributed by atoms with E-state index < -0.39 is 0 Å². The van der Waals surface area contributed by atoms with Crippen LogP contribution in [0.3, 0.4) is 0 Å². The third kappa shape index (κ3) is 4.68. The van der Waals surface area contributed by atoms with Gasteiger partial charge in [-0.2, -0.15) is 5.10 Å². The predicted octanol–water partition coefficient (Wildman–Crippen LogP) is 3.77. The zero-order chi connectivity index (χ0) is 24.5. The van der Waals surface area contributed by atoms with Gasteiger partial charge in [-0.1, -0.05) is 19.9 Å². The summed E-state index contributed by atoms with van der Waals surface area (Å²) in [5.74, 6) is 3.05. The number of fused-ring (bicyclic) bond motifs is 5. The van der Waals surface area contributed by atoms with Crippen molar-refractivity contribution in [3.8, 4) is 0 Å². The van der Waals surface area contributed by atoms with Gasteiger partial charge >= 0.3 is 0 Å². The molecule has 192 valence electrons. The number of guanidine groups is 1. The van der Waals surface area contributed by atoms with Crippen molar-refractivity contribution in [3.05, 3.63) is 11.6 Å². The van der Waals surface area contributed by atoms with Gasteiger partial charge in [-0.05, 0) is 117 Å². The number of hydrogen-bond acceptors (Lipinski definition) is 5. The van der Waals surface area contributed by atoms with Crippen molar-refractivity contribution in [1.29, 1.82) is 5.41 Å². The monoisotopic (exact) mass is 473 g/mol. The fraction of sp³-hybridized carbons (Fsp3) is 0.852. The van der Waals surface area contributed by atoms with Gasteiger partial charge < -0.3 is 21.3 Å². The molecule has 0 aromatic heterocycles. The van der Waals surface area contributed by atoms with E-state index in [0.717, 1.165) is 36.7 Å². The number of ether oxygens (including phenoxy) is 1. The highest BCUT2D eigenvalue weighted by atomic mass is 16.5. The van der Waals surface area contributed by atoms with Gasteiger partial charge in [0.2, 0.25) is 5.96 Å². The number of hydrogen-bond donors (Lipinski definition) is 5. The molecule has 0 heterocycles. The minimum absolute atomic E-state index is 0.0156. The highest BCUT2D eigenvalue weighted by Crippen LogP contribution is 2.67. The summed E-state index contributed by atoms with van der Waals surface area (Å²) >= 11 is 0. The van der Waals surface area contributed by atoms with Crippen LogP contribution in [-0.2, 0) is 4.74 Å². The number of nitrogens with zero attached hydrogens (tertiary/aromatic N) is 1. The maximum Gasteiger partial charge on any atom is 0.206 e. The lowest BCUT2D eigenvalue weighted by Crippen LogP contribution is -2.58. The Hall–Kier alpha value is -1.44. The second-order valence-corrected chi connectivity index (χ2v) is 12.1. The zero-order valence-corrected chi connectivity index (χ0v) is 21.4. The van der Waals surface area contributed by atoms with Crippen molar-refractivity contribution < 1.29 is 9.84 Å². The summed E-state index contributed by atoms with van der Waals surface area (Å²) in [7, 11) is 0. The minimum atomic E-state index is -0.337. The Morgan fingerprint density at radius 2 is 1.79 bits per heavy atom.